The number of nitrogens with one attached hydrogen (secondary N) is 1. The molecule has 2 fully saturated rings. The summed E-state index contributed by atoms with van der Waals surface area (Å²) in [6.45, 7) is 15.7. The van der Waals surface area contributed by atoms with E-state index in [0.29, 0.717) is 10.8 Å². The Balaban J connectivity index is 2.01. The van der Waals surface area contributed by atoms with Gasteiger partial charge in [-0.05, 0) is 62.6 Å². The summed E-state index contributed by atoms with van der Waals surface area (Å²) in [6, 6.07) is 1.49. The molecule has 2 unspecified atom stereocenters. The van der Waals surface area contributed by atoms with Crippen LogP contribution in [0.4, 0.5) is 0 Å². The molecule has 1 heterocycles. The Hall–Kier alpha value is -0.0800. The molecule has 2 rings (SSSR count). The van der Waals surface area contributed by atoms with Crippen molar-refractivity contribution in [2.24, 2.45) is 10.8 Å². The lowest BCUT2D eigenvalue weighted by Crippen LogP contribution is -2.57. The lowest BCUT2D eigenvalue weighted by molar-refractivity contribution is 0.0140. The summed E-state index contributed by atoms with van der Waals surface area (Å²) in [7, 11) is 0. The maximum Gasteiger partial charge on any atom is 0.0254 e. The van der Waals surface area contributed by atoms with Crippen molar-refractivity contribution in [1.29, 1.82) is 0 Å². The highest BCUT2D eigenvalue weighted by molar-refractivity contribution is 4.97. The van der Waals surface area contributed by atoms with Gasteiger partial charge in [0.2, 0.25) is 0 Å². The van der Waals surface area contributed by atoms with Crippen molar-refractivity contribution in [3.8, 4) is 0 Å². The fourth-order valence-electron chi connectivity index (χ4n) is 4.72. The van der Waals surface area contributed by atoms with Crippen molar-refractivity contribution in [2.45, 2.75) is 91.6 Å². The Labute approximate surface area is 133 Å². The summed E-state index contributed by atoms with van der Waals surface area (Å²) in [4.78, 5) is 2.83. The number of rotatable bonds is 5. The van der Waals surface area contributed by atoms with Gasteiger partial charge in [-0.15, -0.1) is 0 Å². The molecule has 0 aromatic rings. The van der Waals surface area contributed by atoms with E-state index in [9.17, 15) is 0 Å². The zero-order chi connectivity index (χ0) is 15.5. The minimum absolute atomic E-state index is 0.528. The van der Waals surface area contributed by atoms with E-state index in [0.717, 1.165) is 18.6 Å². The predicted molar refractivity (Wildman–Crippen MR) is 92.7 cm³/mol. The Morgan fingerprint density at radius 3 is 2.14 bits per heavy atom. The van der Waals surface area contributed by atoms with Crippen LogP contribution in [0.15, 0.2) is 0 Å². The average Bonchev–Trinajstić information content (AvgIpc) is 2.49. The van der Waals surface area contributed by atoms with Crippen LogP contribution < -0.4 is 5.32 Å². The van der Waals surface area contributed by atoms with Crippen LogP contribution in [0.3, 0.4) is 0 Å². The number of likely N-dealkylation sites (tertiary alicyclic amines) is 1. The van der Waals surface area contributed by atoms with Crippen LogP contribution in [-0.4, -0.2) is 36.6 Å². The van der Waals surface area contributed by atoms with Gasteiger partial charge in [0.15, 0.2) is 0 Å². The third-order valence-electron chi connectivity index (χ3n) is 6.65. The normalized spacial score (nSPS) is 33.0. The standard InChI is InChI=1S/C19H38N2/c1-6-19(7-2)11-13-21(14-12-19)17-15-18(4,5)10-9-16(17)20-8-3/h16-17,20H,6-15H2,1-5H3. The molecule has 2 heteroatoms. The number of hydrogen-bond acceptors (Lipinski definition) is 2. The summed E-state index contributed by atoms with van der Waals surface area (Å²) < 4.78 is 0. The van der Waals surface area contributed by atoms with Gasteiger partial charge in [-0.1, -0.05) is 47.5 Å². The van der Waals surface area contributed by atoms with Gasteiger partial charge in [0, 0.05) is 12.1 Å². The molecule has 0 bridgehead atoms. The Morgan fingerprint density at radius 2 is 1.62 bits per heavy atom. The van der Waals surface area contributed by atoms with Crippen LogP contribution in [0.2, 0.25) is 0 Å². The van der Waals surface area contributed by atoms with Gasteiger partial charge in [0.25, 0.3) is 0 Å². The first-order valence-corrected chi connectivity index (χ1v) is 9.43. The molecule has 1 aliphatic carbocycles. The summed E-state index contributed by atoms with van der Waals surface area (Å²) in [5, 5.41) is 3.78. The molecule has 1 aliphatic heterocycles. The first kappa shape index (κ1) is 17.3. The van der Waals surface area contributed by atoms with Crippen molar-refractivity contribution in [3.63, 3.8) is 0 Å². The Kier molecular flexibility index (Phi) is 5.76. The molecule has 1 N–H and O–H groups in total. The molecule has 0 spiro atoms. The fraction of sp³-hybridized carbons (Fsp3) is 1.00. The van der Waals surface area contributed by atoms with E-state index in [1.165, 1.54) is 58.0 Å². The highest BCUT2D eigenvalue weighted by Gasteiger charge is 2.40. The van der Waals surface area contributed by atoms with Crippen molar-refractivity contribution < 1.29 is 0 Å². The molecule has 0 aromatic carbocycles. The van der Waals surface area contributed by atoms with Gasteiger partial charge in [-0.2, -0.15) is 0 Å². The molecule has 0 radical (unpaired) electrons. The van der Waals surface area contributed by atoms with Crippen LogP contribution >= 0.6 is 0 Å². The van der Waals surface area contributed by atoms with E-state index in [2.05, 4.69) is 44.8 Å². The molecule has 124 valence electrons. The summed E-state index contributed by atoms with van der Waals surface area (Å²) in [6.07, 6.45) is 9.66. The van der Waals surface area contributed by atoms with Crippen LogP contribution in [0.25, 0.3) is 0 Å². The molecule has 1 saturated heterocycles. The van der Waals surface area contributed by atoms with Crippen LogP contribution in [-0.2, 0) is 0 Å². The molecular formula is C19H38N2. The molecule has 0 amide bonds. The van der Waals surface area contributed by atoms with Crippen molar-refractivity contribution in [1.82, 2.24) is 10.2 Å². The topological polar surface area (TPSA) is 15.3 Å². The Morgan fingerprint density at radius 1 is 1.00 bits per heavy atom. The highest BCUT2D eigenvalue weighted by atomic mass is 15.2. The van der Waals surface area contributed by atoms with Gasteiger partial charge in [0.1, 0.15) is 0 Å². The second-order valence-electron chi connectivity index (χ2n) is 8.38. The van der Waals surface area contributed by atoms with Crippen LogP contribution in [0, 0.1) is 10.8 Å². The largest absolute Gasteiger partial charge is 0.313 e. The Bertz CT molecular complexity index is 310. The third kappa shape index (κ3) is 4.01. The third-order valence-corrected chi connectivity index (χ3v) is 6.65. The minimum Gasteiger partial charge on any atom is -0.313 e. The lowest BCUT2D eigenvalue weighted by atomic mass is 9.70. The quantitative estimate of drug-likeness (QED) is 0.806. The molecule has 2 nitrogen and oxygen atoms in total. The molecule has 0 aromatic heterocycles. The van der Waals surface area contributed by atoms with E-state index in [1.54, 1.807) is 0 Å². The second kappa shape index (κ2) is 7.00. The zero-order valence-corrected chi connectivity index (χ0v) is 15.2. The molecule has 2 atom stereocenters. The van der Waals surface area contributed by atoms with E-state index < -0.39 is 0 Å². The average molecular weight is 295 g/mol. The van der Waals surface area contributed by atoms with Gasteiger partial charge in [-0.3, -0.25) is 4.90 Å². The van der Waals surface area contributed by atoms with Gasteiger partial charge in [0.05, 0.1) is 0 Å². The van der Waals surface area contributed by atoms with Gasteiger partial charge in [-0.25, -0.2) is 0 Å². The summed E-state index contributed by atoms with van der Waals surface area (Å²) >= 11 is 0. The first-order chi connectivity index (χ1) is 9.95. The molecule has 1 saturated carbocycles. The maximum atomic E-state index is 3.78. The predicted octanol–water partition coefficient (Wildman–Crippen LogP) is 4.45. The monoisotopic (exact) mass is 294 g/mol. The molecule has 2 aliphatic rings. The smallest absolute Gasteiger partial charge is 0.0254 e. The summed E-state index contributed by atoms with van der Waals surface area (Å²) in [5.74, 6) is 0. The summed E-state index contributed by atoms with van der Waals surface area (Å²) in [5.41, 5.74) is 1.18. The van der Waals surface area contributed by atoms with Crippen LogP contribution in [0.1, 0.15) is 79.6 Å². The SMILES string of the molecule is CCNC1CCC(C)(C)CC1N1CCC(CC)(CC)CC1. The van der Waals surface area contributed by atoms with Crippen molar-refractivity contribution >= 4 is 0 Å². The van der Waals surface area contributed by atoms with Crippen molar-refractivity contribution in [2.75, 3.05) is 19.6 Å². The first-order valence-electron chi connectivity index (χ1n) is 9.43. The zero-order valence-electron chi connectivity index (χ0n) is 15.2. The van der Waals surface area contributed by atoms with E-state index in [-0.39, 0.29) is 0 Å². The maximum absolute atomic E-state index is 3.78. The van der Waals surface area contributed by atoms with Gasteiger partial charge < -0.3 is 5.32 Å². The lowest BCUT2D eigenvalue weighted by Gasteiger charge is -2.50. The van der Waals surface area contributed by atoms with E-state index >= 15 is 0 Å². The number of piperidine rings is 1. The number of hydrogen-bond donors (Lipinski definition) is 1. The van der Waals surface area contributed by atoms with E-state index in [1.807, 2.05) is 0 Å². The minimum atomic E-state index is 0.528. The van der Waals surface area contributed by atoms with Gasteiger partial charge >= 0.3 is 0 Å². The molecule has 21 heavy (non-hydrogen) atoms. The number of nitrogens with zero attached hydrogens (tertiary/aromatic N) is 1. The van der Waals surface area contributed by atoms with E-state index in [4.69, 9.17) is 0 Å². The molecular weight excluding hydrogens is 256 g/mol. The van der Waals surface area contributed by atoms with Crippen molar-refractivity contribution in [3.05, 3.63) is 0 Å². The highest BCUT2D eigenvalue weighted by Crippen LogP contribution is 2.42. The number of likely N-dealkylation sites (N-methyl/N-ethyl adjacent to an activating group) is 1. The fourth-order valence-corrected chi connectivity index (χ4v) is 4.72. The van der Waals surface area contributed by atoms with Crippen LogP contribution in [0.5, 0.6) is 0 Å². The second-order valence-corrected chi connectivity index (χ2v) is 8.38.